The molecule has 0 spiro atoms. The highest BCUT2D eigenvalue weighted by molar-refractivity contribution is 9.10. The Bertz CT molecular complexity index is 576. The molecule has 1 aliphatic rings. The third-order valence-electron chi connectivity index (χ3n) is 3.32. The lowest BCUT2D eigenvalue weighted by atomic mass is 10.2. The van der Waals surface area contributed by atoms with E-state index in [2.05, 4.69) is 21.2 Å². The summed E-state index contributed by atoms with van der Waals surface area (Å²) in [6.07, 6.45) is 1.65. The van der Waals surface area contributed by atoms with Crippen LogP contribution in [0.25, 0.3) is 0 Å². The number of halogens is 2. The van der Waals surface area contributed by atoms with E-state index in [0.717, 1.165) is 18.4 Å². The van der Waals surface area contributed by atoms with Gasteiger partial charge in [-0.1, -0.05) is 0 Å². The second-order valence-corrected chi connectivity index (χ2v) is 5.93. The van der Waals surface area contributed by atoms with Crippen molar-refractivity contribution in [2.45, 2.75) is 32.2 Å². The van der Waals surface area contributed by atoms with Gasteiger partial charge in [0.1, 0.15) is 5.82 Å². The molecule has 0 heterocycles. The van der Waals surface area contributed by atoms with E-state index in [0.29, 0.717) is 10.2 Å². The molecule has 1 saturated carbocycles. The smallest absolute Gasteiger partial charge is 0.322 e. The molecule has 21 heavy (non-hydrogen) atoms. The zero-order chi connectivity index (χ0) is 15.6. The van der Waals surface area contributed by atoms with Crippen LogP contribution in [0.4, 0.5) is 14.9 Å². The van der Waals surface area contributed by atoms with Crippen LogP contribution in [0.1, 0.15) is 24.8 Å². The van der Waals surface area contributed by atoms with Crippen molar-refractivity contribution in [3.63, 3.8) is 0 Å². The molecule has 0 radical (unpaired) electrons. The number of aliphatic carboxylic acids is 1. The van der Waals surface area contributed by atoms with Crippen LogP contribution >= 0.6 is 15.9 Å². The van der Waals surface area contributed by atoms with Crippen molar-refractivity contribution in [3.05, 3.63) is 28.0 Å². The van der Waals surface area contributed by atoms with Crippen molar-refractivity contribution in [1.29, 1.82) is 0 Å². The lowest BCUT2D eigenvalue weighted by Crippen LogP contribution is -2.38. The molecule has 2 amide bonds. The van der Waals surface area contributed by atoms with Crippen LogP contribution in [0, 0.1) is 12.7 Å². The number of carbonyl (C=O) groups is 2. The Balaban J connectivity index is 2.08. The van der Waals surface area contributed by atoms with Crippen LogP contribution in [-0.4, -0.2) is 34.6 Å². The monoisotopic (exact) mass is 358 g/mol. The molecular formula is C14H16BrFN2O3. The number of nitrogens with zero attached hydrogens (tertiary/aromatic N) is 1. The Morgan fingerprint density at radius 1 is 1.48 bits per heavy atom. The minimum absolute atomic E-state index is 0.0879. The molecule has 7 heteroatoms. The standard InChI is InChI=1S/C14H16BrFN2O3/c1-8-6-10(15)11(16)7-12(8)17-14(21)18(9-2-3-9)5-4-13(19)20/h6-7,9H,2-5H2,1H3,(H,17,21)(H,19,20). The van der Waals surface area contributed by atoms with Gasteiger partial charge < -0.3 is 15.3 Å². The Hall–Kier alpha value is -1.63. The number of hydrogen-bond donors (Lipinski definition) is 2. The summed E-state index contributed by atoms with van der Waals surface area (Å²) in [5.74, 6) is -1.40. The van der Waals surface area contributed by atoms with Crippen molar-refractivity contribution in [1.82, 2.24) is 4.90 Å². The number of urea groups is 1. The van der Waals surface area contributed by atoms with E-state index in [1.165, 1.54) is 11.0 Å². The van der Waals surface area contributed by atoms with Gasteiger partial charge in [0.15, 0.2) is 0 Å². The molecule has 2 rings (SSSR count). The zero-order valence-corrected chi connectivity index (χ0v) is 13.1. The van der Waals surface area contributed by atoms with Crippen molar-refractivity contribution < 1.29 is 19.1 Å². The van der Waals surface area contributed by atoms with E-state index < -0.39 is 11.8 Å². The maximum Gasteiger partial charge on any atom is 0.322 e. The van der Waals surface area contributed by atoms with Crippen LogP contribution in [0.3, 0.4) is 0 Å². The lowest BCUT2D eigenvalue weighted by molar-refractivity contribution is -0.137. The van der Waals surface area contributed by atoms with E-state index in [9.17, 15) is 14.0 Å². The number of carbonyl (C=O) groups excluding carboxylic acids is 1. The average Bonchev–Trinajstić information content (AvgIpc) is 3.20. The van der Waals surface area contributed by atoms with Crippen LogP contribution in [0.2, 0.25) is 0 Å². The van der Waals surface area contributed by atoms with Crippen LogP contribution in [-0.2, 0) is 4.79 Å². The topological polar surface area (TPSA) is 69.6 Å². The molecular weight excluding hydrogens is 343 g/mol. The summed E-state index contributed by atoms with van der Waals surface area (Å²) in [4.78, 5) is 24.4. The summed E-state index contributed by atoms with van der Waals surface area (Å²) in [6, 6.07) is 2.54. The Kier molecular flexibility index (Phi) is 4.82. The molecule has 114 valence electrons. The fourth-order valence-electron chi connectivity index (χ4n) is 2.02. The number of carboxylic acids is 1. The minimum atomic E-state index is -0.945. The summed E-state index contributed by atoms with van der Waals surface area (Å²) in [5, 5.41) is 11.4. The van der Waals surface area contributed by atoms with E-state index in [4.69, 9.17) is 5.11 Å². The van der Waals surface area contributed by atoms with Gasteiger partial charge in [0.05, 0.1) is 10.9 Å². The first-order chi connectivity index (χ1) is 9.88. The molecule has 0 bridgehead atoms. The molecule has 0 atom stereocenters. The highest BCUT2D eigenvalue weighted by Gasteiger charge is 2.32. The van der Waals surface area contributed by atoms with Gasteiger partial charge in [-0.05, 0) is 53.4 Å². The first-order valence-corrected chi connectivity index (χ1v) is 7.43. The van der Waals surface area contributed by atoms with Gasteiger partial charge in [-0.15, -0.1) is 0 Å². The molecule has 1 aromatic carbocycles. The zero-order valence-electron chi connectivity index (χ0n) is 11.5. The molecule has 0 aliphatic heterocycles. The number of anilines is 1. The molecule has 5 nitrogen and oxygen atoms in total. The highest BCUT2D eigenvalue weighted by Crippen LogP contribution is 2.29. The van der Waals surface area contributed by atoms with Crippen LogP contribution < -0.4 is 5.32 Å². The molecule has 2 N–H and O–H groups in total. The summed E-state index contributed by atoms with van der Waals surface area (Å²) in [5.41, 5.74) is 1.12. The van der Waals surface area contributed by atoms with Gasteiger partial charge in [-0.3, -0.25) is 4.79 Å². The number of nitrogens with one attached hydrogen (secondary N) is 1. The summed E-state index contributed by atoms with van der Waals surface area (Å²) < 4.78 is 13.9. The maximum absolute atomic E-state index is 13.5. The summed E-state index contributed by atoms with van der Waals surface area (Å²) in [7, 11) is 0. The van der Waals surface area contributed by atoms with Crippen LogP contribution in [0.15, 0.2) is 16.6 Å². The fraction of sp³-hybridized carbons (Fsp3) is 0.429. The first-order valence-electron chi connectivity index (χ1n) is 6.63. The Labute approximate surface area is 130 Å². The van der Waals surface area contributed by atoms with Crippen LogP contribution in [0.5, 0.6) is 0 Å². The number of carboxylic acid groups (broad SMARTS) is 1. The van der Waals surface area contributed by atoms with E-state index in [1.807, 2.05) is 0 Å². The van der Waals surface area contributed by atoms with Crippen molar-refractivity contribution >= 4 is 33.6 Å². The van der Waals surface area contributed by atoms with Gasteiger partial charge in [0, 0.05) is 18.3 Å². The van der Waals surface area contributed by atoms with Crippen molar-refractivity contribution in [2.75, 3.05) is 11.9 Å². The molecule has 1 fully saturated rings. The van der Waals surface area contributed by atoms with Gasteiger partial charge in [-0.25, -0.2) is 9.18 Å². The molecule has 0 saturated heterocycles. The minimum Gasteiger partial charge on any atom is -0.481 e. The predicted molar refractivity (Wildman–Crippen MR) is 79.8 cm³/mol. The summed E-state index contributed by atoms with van der Waals surface area (Å²) in [6.45, 7) is 1.92. The van der Waals surface area contributed by atoms with Gasteiger partial charge >= 0.3 is 12.0 Å². The van der Waals surface area contributed by atoms with Gasteiger partial charge in [0.2, 0.25) is 0 Å². The van der Waals surface area contributed by atoms with E-state index in [-0.39, 0.29) is 25.0 Å². The number of hydrogen-bond acceptors (Lipinski definition) is 2. The number of rotatable bonds is 5. The van der Waals surface area contributed by atoms with Crippen molar-refractivity contribution in [3.8, 4) is 0 Å². The normalized spacial score (nSPS) is 13.9. The third kappa shape index (κ3) is 4.17. The second-order valence-electron chi connectivity index (χ2n) is 5.08. The second kappa shape index (κ2) is 6.43. The SMILES string of the molecule is Cc1cc(Br)c(F)cc1NC(=O)N(CCC(=O)O)C1CC1. The first kappa shape index (κ1) is 15.8. The maximum atomic E-state index is 13.5. The Morgan fingerprint density at radius 3 is 2.71 bits per heavy atom. The summed E-state index contributed by atoms with van der Waals surface area (Å²) >= 11 is 3.09. The number of benzene rings is 1. The molecule has 1 aromatic rings. The molecule has 0 unspecified atom stereocenters. The van der Waals surface area contributed by atoms with Gasteiger partial charge in [-0.2, -0.15) is 0 Å². The molecule has 0 aromatic heterocycles. The largest absolute Gasteiger partial charge is 0.481 e. The fourth-order valence-corrected chi connectivity index (χ4v) is 2.48. The third-order valence-corrected chi connectivity index (χ3v) is 3.93. The predicted octanol–water partition coefficient (Wildman–Crippen LogP) is 3.37. The van der Waals surface area contributed by atoms with Crippen molar-refractivity contribution in [2.24, 2.45) is 0 Å². The quantitative estimate of drug-likeness (QED) is 0.847. The van der Waals surface area contributed by atoms with E-state index >= 15 is 0 Å². The van der Waals surface area contributed by atoms with E-state index in [1.54, 1.807) is 13.0 Å². The number of amides is 2. The lowest BCUT2D eigenvalue weighted by Gasteiger charge is -2.22. The Morgan fingerprint density at radius 2 is 2.14 bits per heavy atom. The highest BCUT2D eigenvalue weighted by atomic mass is 79.9. The molecule has 1 aliphatic carbocycles. The van der Waals surface area contributed by atoms with Gasteiger partial charge in [0.25, 0.3) is 0 Å². The number of aryl methyl sites for hydroxylation is 1. The average molecular weight is 359 g/mol.